The molecule has 0 atom stereocenters. The molecule has 0 spiro atoms. The highest BCUT2D eigenvalue weighted by Gasteiger charge is 1.98. The van der Waals surface area contributed by atoms with Gasteiger partial charge in [-0.1, -0.05) is 0 Å². The van der Waals surface area contributed by atoms with Crippen LogP contribution in [0.2, 0.25) is 0 Å². The minimum atomic E-state index is 0.611. The third-order valence-electron chi connectivity index (χ3n) is 2.13. The molecule has 0 unspecified atom stereocenters. The van der Waals surface area contributed by atoms with Gasteiger partial charge in [-0.25, -0.2) is 0 Å². The van der Waals surface area contributed by atoms with E-state index in [0.29, 0.717) is 62.8 Å². The summed E-state index contributed by atoms with van der Waals surface area (Å²) in [6, 6.07) is 0. The lowest BCUT2D eigenvalue weighted by Crippen LogP contribution is -2.41. The van der Waals surface area contributed by atoms with Crippen molar-refractivity contribution in [3.8, 4) is 0 Å². The third kappa shape index (κ3) is 8.40. The fourth-order valence-corrected chi connectivity index (χ4v) is 1.68. The first-order valence-corrected chi connectivity index (χ1v) is 6.79. The summed E-state index contributed by atoms with van der Waals surface area (Å²) in [4.78, 5) is 0. The minimum Gasteiger partial charge on any atom is -0.378 e. The van der Waals surface area contributed by atoms with Gasteiger partial charge in [0.1, 0.15) is 0 Å². The summed E-state index contributed by atoms with van der Waals surface area (Å²) in [5.74, 6) is 0. The second-order valence-electron chi connectivity index (χ2n) is 3.59. The molecule has 0 aromatic heterocycles. The molecule has 0 amide bonds. The molecule has 1 rings (SSSR count). The summed E-state index contributed by atoms with van der Waals surface area (Å²) in [6.45, 7) is 5.20. The second-order valence-corrected chi connectivity index (χ2v) is 4.41. The predicted molar refractivity (Wildman–Crippen MR) is 78.8 cm³/mol. The van der Waals surface area contributed by atoms with Crippen molar-refractivity contribution in [3.63, 3.8) is 0 Å². The van der Waals surface area contributed by atoms with Crippen LogP contribution in [0.15, 0.2) is 0 Å². The maximum atomic E-state index is 5.41. The van der Waals surface area contributed by atoms with Crippen LogP contribution < -0.4 is 21.3 Å². The van der Waals surface area contributed by atoms with Crippen LogP contribution in [0.4, 0.5) is 0 Å². The van der Waals surface area contributed by atoms with Gasteiger partial charge in [0.2, 0.25) is 0 Å². The standard InChI is InChI=1S/C10H20N4O2S2/c17-9-11-1-5-15-6-2-13-10(18)14-4-8-16-7-3-12-9/h1-8H2,(H2,11,12,17)(H2,13,14,18). The van der Waals surface area contributed by atoms with Gasteiger partial charge in [-0.05, 0) is 24.4 Å². The molecule has 0 radical (unpaired) electrons. The van der Waals surface area contributed by atoms with Gasteiger partial charge in [0.25, 0.3) is 0 Å². The van der Waals surface area contributed by atoms with Crippen molar-refractivity contribution in [2.24, 2.45) is 0 Å². The van der Waals surface area contributed by atoms with E-state index in [1.165, 1.54) is 0 Å². The third-order valence-corrected chi connectivity index (χ3v) is 2.71. The lowest BCUT2D eigenvalue weighted by atomic mass is 10.6. The Morgan fingerprint density at radius 1 is 0.611 bits per heavy atom. The monoisotopic (exact) mass is 292 g/mol. The number of hydrogen-bond donors (Lipinski definition) is 4. The van der Waals surface area contributed by atoms with Crippen LogP contribution in [0.25, 0.3) is 0 Å². The van der Waals surface area contributed by atoms with E-state index in [1.54, 1.807) is 0 Å². The lowest BCUT2D eigenvalue weighted by Gasteiger charge is -2.14. The molecular formula is C10H20N4O2S2. The SMILES string of the molecule is S=C1NCCOCCNC(=S)NCCOCCN1. The normalized spacial score (nSPS) is 21.1. The molecule has 104 valence electrons. The zero-order valence-corrected chi connectivity index (χ0v) is 11.9. The van der Waals surface area contributed by atoms with E-state index in [2.05, 4.69) is 21.3 Å². The molecule has 0 bridgehead atoms. The Morgan fingerprint density at radius 3 is 1.17 bits per heavy atom. The van der Waals surface area contributed by atoms with Crippen molar-refractivity contribution in [1.29, 1.82) is 0 Å². The molecule has 0 aromatic carbocycles. The van der Waals surface area contributed by atoms with Crippen molar-refractivity contribution < 1.29 is 9.47 Å². The van der Waals surface area contributed by atoms with Gasteiger partial charge in [-0.2, -0.15) is 0 Å². The van der Waals surface area contributed by atoms with E-state index in [4.69, 9.17) is 33.9 Å². The molecule has 1 saturated heterocycles. The molecule has 18 heavy (non-hydrogen) atoms. The smallest absolute Gasteiger partial charge is 0.166 e. The minimum absolute atomic E-state index is 0.611. The molecule has 0 saturated carbocycles. The lowest BCUT2D eigenvalue weighted by molar-refractivity contribution is 0.139. The summed E-state index contributed by atoms with van der Waals surface area (Å²) >= 11 is 10.2. The van der Waals surface area contributed by atoms with Crippen LogP contribution in [0, 0.1) is 0 Å². The predicted octanol–water partition coefficient (Wildman–Crippen LogP) is -1.04. The van der Waals surface area contributed by atoms with Gasteiger partial charge in [0.15, 0.2) is 10.2 Å². The average Bonchev–Trinajstić information content (AvgIpc) is 2.35. The Bertz CT molecular complexity index is 220. The Balaban J connectivity index is 2.21. The van der Waals surface area contributed by atoms with E-state index < -0.39 is 0 Å². The van der Waals surface area contributed by atoms with Gasteiger partial charge in [0, 0.05) is 26.2 Å². The van der Waals surface area contributed by atoms with Crippen LogP contribution in [0.1, 0.15) is 0 Å². The molecule has 4 N–H and O–H groups in total. The van der Waals surface area contributed by atoms with Gasteiger partial charge in [0.05, 0.1) is 26.4 Å². The number of nitrogens with one attached hydrogen (secondary N) is 4. The largest absolute Gasteiger partial charge is 0.378 e. The van der Waals surface area contributed by atoms with E-state index in [1.807, 2.05) is 0 Å². The number of rotatable bonds is 0. The summed E-state index contributed by atoms with van der Waals surface area (Å²) in [7, 11) is 0. The van der Waals surface area contributed by atoms with Crippen LogP contribution in [-0.4, -0.2) is 62.8 Å². The highest BCUT2D eigenvalue weighted by Crippen LogP contribution is 1.78. The molecule has 0 aliphatic carbocycles. The Labute approximate surface area is 118 Å². The van der Waals surface area contributed by atoms with Crippen molar-refractivity contribution in [1.82, 2.24) is 21.3 Å². The number of ether oxygens (including phenoxy) is 2. The highest BCUT2D eigenvalue weighted by atomic mass is 32.1. The summed E-state index contributed by atoms with van der Waals surface area (Å²) in [5.41, 5.74) is 0. The molecule has 1 aliphatic rings. The van der Waals surface area contributed by atoms with E-state index in [9.17, 15) is 0 Å². The van der Waals surface area contributed by atoms with Crippen molar-refractivity contribution in [2.75, 3.05) is 52.6 Å². The van der Waals surface area contributed by atoms with Gasteiger partial charge >= 0.3 is 0 Å². The first-order valence-electron chi connectivity index (χ1n) is 5.98. The molecule has 0 aromatic rings. The summed E-state index contributed by atoms with van der Waals surface area (Å²) < 4.78 is 10.8. The Kier molecular flexibility index (Phi) is 8.74. The van der Waals surface area contributed by atoms with E-state index >= 15 is 0 Å². The highest BCUT2D eigenvalue weighted by molar-refractivity contribution is 7.80. The van der Waals surface area contributed by atoms with Gasteiger partial charge in [-0.3, -0.25) is 0 Å². The fraction of sp³-hybridized carbons (Fsp3) is 0.800. The van der Waals surface area contributed by atoms with Crippen LogP contribution in [-0.2, 0) is 9.47 Å². The molecular weight excluding hydrogens is 272 g/mol. The van der Waals surface area contributed by atoms with Gasteiger partial charge < -0.3 is 30.7 Å². The van der Waals surface area contributed by atoms with E-state index in [-0.39, 0.29) is 0 Å². The molecule has 6 nitrogen and oxygen atoms in total. The quantitative estimate of drug-likeness (QED) is 0.422. The summed E-state index contributed by atoms with van der Waals surface area (Å²) in [5, 5.41) is 13.5. The molecule has 8 heteroatoms. The Hall–Kier alpha value is -0.700. The van der Waals surface area contributed by atoms with Crippen molar-refractivity contribution in [3.05, 3.63) is 0 Å². The van der Waals surface area contributed by atoms with E-state index in [0.717, 1.165) is 0 Å². The average molecular weight is 292 g/mol. The van der Waals surface area contributed by atoms with Crippen LogP contribution in [0.3, 0.4) is 0 Å². The maximum absolute atomic E-state index is 5.41. The summed E-state index contributed by atoms with van der Waals surface area (Å²) in [6.07, 6.45) is 0. The second kappa shape index (κ2) is 10.2. The molecule has 1 aliphatic heterocycles. The number of thiocarbonyl (C=S) groups is 2. The number of hydrogen-bond acceptors (Lipinski definition) is 4. The Morgan fingerprint density at radius 2 is 0.889 bits per heavy atom. The maximum Gasteiger partial charge on any atom is 0.166 e. The fourth-order valence-electron chi connectivity index (χ4n) is 1.28. The van der Waals surface area contributed by atoms with Crippen molar-refractivity contribution in [2.45, 2.75) is 0 Å². The zero-order chi connectivity index (χ0) is 13.1. The topological polar surface area (TPSA) is 66.6 Å². The van der Waals surface area contributed by atoms with Crippen molar-refractivity contribution >= 4 is 34.7 Å². The van der Waals surface area contributed by atoms with Crippen LogP contribution in [0.5, 0.6) is 0 Å². The molecule has 1 fully saturated rings. The first kappa shape index (κ1) is 15.4. The van der Waals surface area contributed by atoms with Crippen LogP contribution >= 0.6 is 24.4 Å². The van der Waals surface area contributed by atoms with Gasteiger partial charge in [-0.15, -0.1) is 0 Å². The zero-order valence-electron chi connectivity index (χ0n) is 10.3. The molecule has 1 heterocycles. The first-order chi connectivity index (χ1) is 8.79.